The number of aryl methyl sites for hydroxylation is 1. The van der Waals surface area contributed by atoms with E-state index in [0.29, 0.717) is 18.1 Å². The van der Waals surface area contributed by atoms with E-state index in [-0.39, 0.29) is 0 Å². The highest BCUT2D eigenvalue weighted by molar-refractivity contribution is 7.64. The Kier molecular flexibility index (Phi) is 11.1. The van der Waals surface area contributed by atoms with Gasteiger partial charge in [0.15, 0.2) is 0 Å². The van der Waals surface area contributed by atoms with Crippen LogP contribution in [0.4, 0.5) is 0 Å². The maximum atomic E-state index is 6.00. The second-order valence-corrected chi connectivity index (χ2v) is 17.2. The molecule has 0 heterocycles. The Labute approximate surface area is 181 Å². The third-order valence-corrected chi connectivity index (χ3v) is 8.27. The number of hydrogen-bond donors (Lipinski definition) is 0. The molecule has 5 heteroatoms. The third kappa shape index (κ3) is 10.0. The molecule has 27 heavy (non-hydrogen) atoms. The van der Waals surface area contributed by atoms with E-state index in [1.165, 1.54) is 62.5 Å². The molecule has 0 unspecified atom stereocenters. The van der Waals surface area contributed by atoms with Gasteiger partial charge < -0.3 is 4.74 Å². The van der Waals surface area contributed by atoms with Crippen molar-refractivity contribution in [3.63, 3.8) is 0 Å². The SMILES string of the molecule is CCCCCCCc1ccc(C2CCC(OCCC[Si](Cl)(Cl)Cl)CC2)cc1. The van der Waals surface area contributed by atoms with Crippen molar-refractivity contribution in [2.24, 2.45) is 0 Å². The van der Waals surface area contributed by atoms with E-state index in [9.17, 15) is 0 Å². The van der Waals surface area contributed by atoms with Gasteiger partial charge in [-0.15, -0.1) is 33.2 Å². The predicted molar refractivity (Wildman–Crippen MR) is 123 cm³/mol. The van der Waals surface area contributed by atoms with E-state index < -0.39 is 6.00 Å². The molecule has 0 spiro atoms. The first-order valence-corrected chi connectivity index (χ1v) is 16.0. The van der Waals surface area contributed by atoms with Gasteiger partial charge in [0, 0.05) is 6.61 Å². The Morgan fingerprint density at radius 3 is 2.19 bits per heavy atom. The first-order chi connectivity index (χ1) is 13.0. The summed E-state index contributed by atoms with van der Waals surface area (Å²) in [6.07, 6.45) is 14.0. The number of unbranched alkanes of at least 4 members (excludes halogenated alkanes) is 4. The molecule has 1 saturated carbocycles. The molecule has 0 atom stereocenters. The molecule has 1 fully saturated rings. The Balaban J connectivity index is 1.64. The molecule has 1 aromatic rings. The normalized spacial score (nSPS) is 20.7. The fourth-order valence-corrected chi connectivity index (χ4v) is 5.72. The quantitative estimate of drug-likeness (QED) is 0.177. The van der Waals surface area contributed by atoms with Crippen molar-refractivity contribution in [3.05, 3.63) is 35.4 Å². The Morgan fingerprint density at radius 2 is 1.56 bits per heavy atom. The summed E-state index contributed by atoms with van der Waals surface area (Å²) in [4.78, 5) is 0. The van der Waals surface area contributed by atoms with Crippen LogP contribution in [0.5, 0.6) is 0 Å². The summed E-state index contributed by atoms with van der Waals surface area (Å²) in [5, 5.41) is 0. The van der Waals surface area contributed by atoms with Gasteiger partial charge >= 0.3 is 6.00 Å². The third-order valence-electron chi connectivity index (χ3n) is 5.65. The van der Waals surface area contributed by atoms with E-state index in [1.54, 1.807) is 0 Å². The Morgan fingerprint density at radius 1 is 0.889 bits per heavy atom. The zero-order valence-corrected chi connectivity index (χ0v) is 20.0. The molecule has 1 nitrogen and oxygen atoms in total. The lowest BCUT2D eigenvalue weighted by Gasteiger charge is -2.29. The highest BCUT2D eigenvalue weighted by Gasteiger charge is 2.25. The molecule has 0 radical (unpaired) electrons. The van der Waals surface area contributed by atoms with Gasteiger partial charge in [-0.05, 0) is 68.0 Å². The highest BCUT2D eigenvalue weighted by Crippen LogP contribution is 2.34. The van der Waals surface area contributed by atoms with Crippen molar-refractivity contribution in [2.75, 3.05) is 6.61 Å². The van der Waals surface area contributed by atoms with Crippen molar-refractivity contribution in [3.8, 4) is 0 Å². The summed E-state index contributed by atoms with van der Waals surface area (Å²) in [6, 6.07) is 7.62. The van der Waals surface area contributed by atoms with E-state index in [0.717, 1.165) is 25.9 Å². The summed E-state index contributed by atoms with van der Waals surface area (Å²) < 4.78 is 6.00. The molecule has 0 amide bonds. The van der Waals surface area contributed by atoms with Crippen LogP contribution >= 0.6 is 33.2 Å². The van der Waals surface area contributed by atoms with Crippen molar-refractivity contribution in [1.29, 1.82) is 0 Å². The first-order valence-electron chi connectivity index (χ1n) is 10.7. The lowest BCUT2D eigenvalue weighted by atomic mass is 9.82. The molecule has 0 N–H and O–H groups in total. The van der Waals surface area contributed by atoms with Crippen molar-refractivity contribution < 1.29 is 4.74 Å². The molecule has 154 valence electrons. The van der Waals surface area contributed by atoms with Crippen LogP contribution in [0.15, 0.2) is 24.3 Å². The second-order valence-electron chi connectivity index (χ2n) is 7.97. The van der Waals surface area contributed by atoms with Crippen molar-refractivity contribution >= 4 is 39.2 Å². The fraction of sp³-hybridized carbons (Fsp3) is 0.727. The highest BCUT2D eigenvalue weighted by atomic mass is 35.8. The lowest BCUT2D eigenvalue weighted by Crippen LogP contribution is -2.22. The van der Waals surface area contributed by atoms with Crippen LogP contribution in [0.1, 0.15) is 88.2 Å². The van der Waals surface area contributed by atoms with Gasteiger partial charge in [-0.1, -0.05) is 56.9 Å². The number of halogens is 3. The van der Waals surface area contributed by atoms with Gasteiger partial charge in [-0.3, -0.25) is 0 Å². The van der Waals surface area contributed by atoms with Crippen molar-refractivity contribution in [2.45, 2.75) is 95.6 Å². The second kappa shape index (κ2) is 12.7. The standard InChI is InChI=1S/C22H35Cl3OSi/c1-2-3-4-5-6-8-19-9-11-20(12-10-19)21-13-15-22(16-14-21)26-17-7-18-27(23,24)25/h9-12,21-22H,2-8,13-18H2,1H3. The smallest absolute Gasteiger partial charge is 0.341 e. The molecule has 0 aromatic heterocycles. The van der Waals surface area contributed by atoms with Crippen LogP contribution in [0, 0.1) is 0 Å². The van der Waals surface area contributed by atoms with Gasteiger partial charge in [0.25, 0.3) is 0 Å². The van der Waals surface area contributed by atoms with Crippen molar-refractivity contribution in [1.82, 2.24) is 0 Å². The molecule has 0 bridgehead atoms. The number of rotatable bonds is 12. The van der Waals surface area contributed by atoms with Crippen LogP contribution in [-0.4, -0.2) is 18.7 Å². The minimum Gasteiger partial charge on any atom is -0.378 e. The fourth-order valence-electron chi connectivity index (χ4n) is 3.97. The molecule has 1 aromatic carbocycles. The maximum Gasteiger partial charge on any atom is 0.341 e. The molecule has 1 aliphatic rings. The summed E-state index contributed by atoms with van der Waals surface area (Å²) in [7, 11) is 0. The van der Waals surface area contributed by atoms with Crippen LogP contribution in [0.3, 0.4) is 0 Å². The first kappa shape index (κ1) is 23.5. The van der Waals surface area contributed by atoms with Gasteiger partial charge in [-0.25, -0.2) is 0 Å². The summed E-state index contributed by atoms with van der Waals surface area (Å²) in [5.41, 5.74) is 3.00. The predicted octanol–water partition coefficient (Wildman–Crippen LogP) is 8.29. The van der Waals surface area contributed by atoms with Crippen LogP contribution in [-0.2, 0) is 11.2 Å². The lowest BCUT2D eigenvalue weighted by molar-refractivity contribution is 0.0251. The minimum atomic E-state index is -2.48. The van der Waals surface area contributed by atoms with Crippen LogP contribution in [0.2, 0.25) is 6.04 Å². The average molecular weight is 450 g/mol. The van der Waals surface area contributed by atoms with E-state index in [1.807, 2.05) is 0 Å². The summed E-state index contributed by atoms with van der Waals surface area (Å²) in [6.45, 7) is 3.00. The van der Waals surface area contributed by atoms with E-state index >= 15 is 0 Å². The number of benzene rings is 1. The van der Waals surface area contributed by atoms with Gasteiger partial charge in [-0.2, -0.15) is 0 Å². The zero-order chi connectivity index (χ0) is 19.5. The monoisotopic (exact) mass is 448 g/mol. The summed E-state index contributed by atoms with van der Waals surface area (Å²) >= 11 is 17.7. The summed E-state index contributed by atoms with van der Waals surface area (Å²) in [5.74, 6) is 0.692. The molecular formula is C22H35Cl3OSi. The van der Waals surface area contributed by atoms with Crippen LogP contribution in [0.25, 0.3) is 0 Å². The topological polar surface area (TPSA) is 9.23 Å². The molecule has 0 aliphatic heterocycles. The van der Waals surface area contributed by atoms with Crippen LogP contribution < -0.4 is 0 Å². The Hall–Kier alpha value is 0.267. The van der Waals surface area contributed by atoms with E-state index in [4.69, 9.17) is 38.0 Å². The molecule has 1 aliphatic carbocycles. The zero-order valence-electron chi connectivity index (χ0n) is 16.7. The van der Waals surface area contributed by atoms with Gasteiger partial charge in [0.05, 0.1) is 6.10 Å². The average Bonchev–Trinajstić information content (AvgIpc) is 2.65. The largest absolute Gasteiger partial charge is 0.378 e. The number of hydrogen-bond acceptors (Lipinski definition) is 1. The molecular weight excluding hydrogens is 415 g/mol. The maximum absolute atomic E-state index is 6.00. The Bertz CT molecular complexity index is 507. The van der Waals surface area contributed by atoms with Gasteiger partial charge in [0.1, 0.15) is 0 Å². The van der Waals surface area contributed by atoms with E-state index in [2.05, 4.69) is 31.2 Å². The molecule has 0 saturated heterocycles. The minimum absolute atomic E-state index is 0.390. The molecule has 2 rings (SSSR count). The van der Waals surface area contributed by atoms with Gasteiger partial charge in [0.2, 0.25) is 0 Å². The number of ether oxygens (including phenoxy) is 1.